The maximum atomic E-state index is 11.3. The van der Waals surface area contributed by atoms with E-state index < -0.39 is 11.9 Å². The fraction of sp³-hybridized carbons (Fsp3) is 0.462. The molecule has 0 bridgehead atoms. The molecule has 0 spiro atoms. The molecule has 5 heteroatoms. The summed E-state index contributed by atoms with van der Waals surface area (Å²) in [5, 5.41) is 9.67. The van der Waals surface area contributed by atoms with Crippen LogP contribution in [0.5, 0.6) is 5.75 Å². The highest BCUT2D eigenvalue weighted by molar-refractivity contribution is 6.30. The van der Waals surface area contributed by atoms with Crippen LogP contribution in [0.15, 0.2) is 12.1 Å². The molecule has 0 fully saturated rings. The Bertz CT molecular complexity index is 446. The van der Waals surface area contributed by atoms with Gasteiger partial charge in [-0.3, -0.25) is 4.79 Å². The number of ether oxygens (including phenoxy) is 1. The Labute approximate surface area is 112 Å². The molecule has 3 N–H and O–H groups in total. The van der Waals surface area contributed by atoms with Crippen molar-refractivity contribution in [1.29, 1.82) is 0 Å². The largest absolute Gasteiger partial charge is 0.496 e. The van der Waals surface area contributed by atoms with Gasteiger partial charge < -0.3 is 15.6 Å². The summed E-state index contributed by atoms with van der Waals surface area (Å²) in [4.78, 5) is 11.3. The van der Waals surface area contributed by atoms with Crippen molar-refractivity contribution >= 4 is 17.6 Å². The van der Waals surface area contributed by atoms with Gasteiger partial charge in [0, 0.05) is 17.1 Å². The van der Waals surface area contributed by atoms with E-state index >= 15 is 0 Å². The van der Waals surface area contributed by atoms with E-state index in [4.69, 9.17) is 22.1 Å². The van der Waals surface area contributed by atoms with E-state index in [-0.39, 0.29) is 12.5 Å². The van der Waals surface area contributed by atoms with E-state index in [9.17, 15) is 9.90 Å². The molecule has 1 unspecified atom stereocenters. The van der Waals surface area contributed by atoms with E-state index in [1.807, 2.05) is 13.8 Å². The molecule has 0 saturated heterocycles. The zero-order valence-electron chi connectivity index (χ0n) is 10.7. The second-order valence-electron chi connectivity index (χ2n) is 4.39. The molecule has 1 aromatic rings. The third-order valence-corrected chi connectivity index (χ3v) is 3.06. The lowest BCUT2D eigenvalue weighted by Crippen LogP contribution is -2.23. The number of methoxy groups -OCH3 is 1. The quantitative estimate of drug-likeness (QED) is 0.863. The molecule has 1 atom stereocenters. The third kappa shape index (κ3) is 2.94. The maximum Gasteiger partial charge on any atom is 0.312 e. The average Bonchev–Trinajstić information content (AvgIpc) is 2.27. The molecule has 0 aliphatic heterocycles. The summed E-state index contributed by atoms with van der Waals surface area (Å²) >= 11 is 6.00. The van der Waals surface area contributed by atoms with Gasteiger partial charge in [-0.1, -0.05) is 25.4 Å². The Morgan fingerprint density at radius 1 is 1.50 bits per heavy atom. The minimum absolute atomic E-state index is 0.0263. The van der Waals surface area contributed by atoms with Crippen LogP contribution >= 0.6 is 11.6 Å². The number of hydrogen-bond donors (Lipinski definition) is 2. The number of halogens is 1. The van der Waals surface area contributed by atoms with Gasteiger partial charge in [-0.15, -0.1) is 0 Å². The molecule has 0 amide bonds. The molecule has 0 aliphatic carbocycles. The van der Waals surface area contributed by atoms with Crippen LogP contribution < -0.4 is 10.5 Å². The van der Waals surface area contributed by atoms with Crippen molar-refractivity contribution in [2.45, 2.75) is 25.7 Å². The number of aliphatic carboxylic acids is 1. The number of benzene rings is 1. The number of carboxylic acids is 1. The molecule has 0 radical (unpaired) electrons. The topological polar surface area (TPSA) is 72.5 Å². The van der Waals surface area contributed by atoms with Gasteiger partial charge in [-0.2, -0.15) is 0 Å². The summed E-state index contributed by atoms with van der Waals surface area (Å²) in [6, 6.07) is 3.35. The molecular formula is C13H18ClNO3. The Morgan fingerprint density at radius 2 is 2.11 bits per heavy atom. The molecule has 0 aliphatic rings. The highest BCUT2D eigenvalue weighted by atomic mass is 35.5. The number of hydrogen-bond acceptors (Lipinski definition) is 3. The Balaban J connectivity index is 3.49. The van der Waals surface area contributed by atoms with Crippen molar-refractivity contribution in [3.05, 3.63) is 28.3 Å². The molecule has 0 heterocycles. The molecule has 4 nitrogen and oxygen atoms in total. The first-order valence-electron chi connectivity index (χ1n) is 5.72. The average molecular weight is 272 g/mol. The standard InChI is InChI=1S/C13H18ClNO3/c1-7(2)12-9(10(6-15)13(16)17)4-8(14)5-11(12)18-3/h4-5,7,10H,6,15H2,1-3H3,(H,16,17). The van der Waals surface area contributed by atoms with Gasteiger partial charge in [0.1, 0.15) is 5.75 Å². The van der Waals surface area contributed by atoms with Crippen LogP contribution in [0.3, 0.4) is 0 Å². The van der Waals surface area contributed by atoms with Crippen LogP contribution in [0.4, 0.5) is 0 Å². The van der Waals surface area contributed by atoms with E-state index in [1.165, 1.54) is 0 Å². The number of nitrogens with two attached hydrogens (primary N) is 1. The van der Waals surface area contributed by atoms with Crippen molar-refractivity contribution in [3.63, 3.8) is 0 Å². The van der Waals surface area contributed by atoms with Crippen molar-refractivity contribution in [1.82, 2.24) is 0 Å². The third-order valence-electron chi connectivity index (χ3n) is 2.85. The summed E-state index contributed by atoms with van der Waals surface area (Å²) in [5.74, 6) is -0.994. The van der Waals surface area contributed by atoms with Crippen LogP contribution in [-0.4, -0.2) is 24.7 Å². The molecule has 1 rings (SSSR count). The van der Waals surface area contributed by atoms with Gasteiger partial charge in [0.25, 0.3) is 0 Å². The predicted octanol–water partition coefficient (Wildman–Crippen LogP) is 2.60. The summed E-state index contributed by atoms with van der Waals surface area (Å²) in [7, 11) is 1.54. The number of carboxylic acid groups (broad SMARTS) is 1. The van der Waals surface area contributed by atoms with Crippen molar-refractivity contribution in [2.24, 2.45) is 5.73 Å². The van der Waals surface area contributed by atoms with Crippen LogP contribution in [0, 0.1) is 0 Å². The van der Waals surface area contributed by atoms with Crippen LogP contribution in [0.25, 0.3) is 0 Å². The highest BCUT2D eigenvalue weighted by Crippen LogP contribution is 2.36. The van der Waals surface area contributed by atoms with Gasteiger partial charge in [0.15, 0.2) is 0 Å². The summed E-state index contributed by atoms with van der Waals surface area (Å²) in [6.45, 7) is 3.98. The van der Waals surface area contributed by atoms with Crippen molar-refractivity contribution < 1.29 is 14.6 Å². The molecule has 0 saturated carbocycles. The Morgan fingerprint density at radius 3 is 2.50 bits per heavy atom. The Kier molecular flexibility index (Phi) is 4.99. The predicted molar refractivity (Wildman–Crippen MR) is 71.5 cm³/mol. The first kappa shape index (κ1) is 14.8. The highest BCUT2D eigenvalue weighted by Gasteiger charge is 2.25. The molecule has 0 aromatic heterocycles. The lowest BCUT2D eigenvalue weighted by Gasteiger charge is -2.21. The van der Waals surface area contributed by atoms with Crippen molar-refractivity contribution in [3.8, 4) is 5.75 Å². The van der Waals surface area contributed by atoms with Crippen LogP contribution in [0.1, 0.15) is 36.8 Å². The van der Waals surface area contributed by atoms with Gasteiger partial charge in [0.2, 0.25) is 0 Å². The maximum absolute atomic E-state index is 11.3. The zero-order valence-corrected chi connectivity index (χ0v) is 11.5. The smallest absolute Gasteiger partial charge is 0.312 e. The number of rotatable bonds is 5. The normalized spacial score (nSPS) is 12.6. The van der Waals surface area contributed by atoms with Gasteiger partial charge >= 0.3 is 5.97 Å². The fourth-order valence-corrected chi connectivity index (χ4v) is 2.27. The zero-order chi connectivity index (χ0) is 13.9. The van der Waals surface area contributed by atoms with E-state index in [1.54, 1.807) is 19.2 Å². The lowest BCUT2D eigenvalue weighted by molar-refractivity contribution is -0.138. The van der Waals surface area contributed by atoms with Crippen LogP contribution in [0.2, 0.25) is 5.02 Å². The van der Waals surface area contributed by atoms with Crippen LogP contribution in [-0.2, 0) is 4.79 Å². The summed E-state index contributed by atoms with van der Waals surface area (Å²) in [6.07, 6.45) is 0. The van der Waals surface area contributed by atoms with Gasteiger partial charge in [-0.05, 0) is 23.6 Å². The summed E-state index contributed by atoms with van der Waals surface area (Å²) < 4.78 is 5.28. The minimum atomic E-state index is -0.955. The van der Waals surface area contributed by atoms with E-state index in [0.717, 1.165) is 5.56 Å². The molecular weight excluding hydrogens is 254 g/mol. The van der Waals surface area contributed by atoms with Gasteiger partial charge in [-0.25, -0.2) is 0 Å². The van der Waals surface area contributed by atoms with E-state index in [0.29, 0.717) is 16.3 Å². The monoisotopic (exact) mass is 271 g/mol. The SMILES string of the molecule is COc1cc(Cl)cc(C(CN)C(=O)O)c1C(C)C. The first-order valence-corrected chi connectivity index (χ1v) is 6.10. The first-order chi connectivity index (χ1) is 8.42. The second kappa shape index (κ2) is 6.07. The number of carbonyl (C=O) groups is 1. The van der Waals surface area contributed by atoms with E-state index in [2.05, 4.69) is 0 Å². The Hall–Kier alpha value is -1.26. The lowest BCUT2D eigenvalue weighted by atomic mass is 9.88. The van der Waals surface area contributed by atoms with Gasteiger partial charge in [0.05, 0.1) is 13.0 Å². The second-order valence-corrected chi connectivity index (χ2v) is 4.83. The molecule has 100 valence electrons. The minimum Gasteiger partial charge on any atom is -0.496 e. The summed E-state index contributed by atoms with van der Waals surface area (Å²) in [5.41, 5.74) is 7.03. The molecule has 18 heavy (non-hydrogen) atoms. The fourth-order valence-electron chi connectivity index (χ4n) is 2.05. The molecule has 1 aromatic carbocycles. The van der Waals surface area contributed by atoms with Crippen molar-refractivity contribution in [2.75, 3.05) is 13.7 Å².